The molecule has 19 heavy (non-hydrogen) atoms. The lowest BCUT2D eigenvalue weighted by Crippen LogP contribution is -2.36. The monoisotopic (exact) mass is 284 g/mol. The van der Waals surface area contributed by atoms with Crippen molar-refractivity contribution in [3.05, 3.63) is 16.3 Å². The van der Waals surface area contributed by atoms with Crippen molar-refractivity contribution in [2.24, 2.45) is 0 Å². The molecule has 2 rings (SSSR count). The van der Waals surface area contributed by atoms with Crippen LogP contribution in [0.15, 0.2) is 6.20 Å². The highest BCUT2D eigenvalue weighted by atomic mass is 32.1. The summed E-state index contributed by atoms with van der Waals surface area (Å²) in [6, 6.07) is 0. The summed E-state index contributed by atoms with van der Waals surface area (Å²) < 4.78 is 0. The predicted molar refractivity (Wildman–Crippen MR) is 63.4 cm³/mol. The number of imide groups is 1. The van der Waals surface area contributed by atoms with Crippen LogP contribution in [0.3, 0.4) is 0 Å². The van der Waals surface area contributed by atoms with Crippen molar-refractivity contribution in [2.45, 2.75) is 12.8 Å². The van der Waals surface area contributed by atoms with Gasteiger partial charge in [-0.05, 0) is 11.3 Å². The summed E-state index contributed by atoms with van der Waals surface area (Å²) in [5.74, 6) is -1.41. The van der Waals surface area contributed by atoms with Crippen molar-refractivity contribution >= 4 is 39.2 Å². The molecule has 1 aliphatic rings. The van der Waals surface area contributed by atoms with Gasteiger partial charge < -0.3 is 5.32 Å². The lowest BCUT2D eigenvalue weighted by Gasteiger charge is -2.12. The summed E-state index contributed by atoms with van der Waals surface area (Å²) in [5, 5.41) is 12.6. The Morgan fingerprint density at radius 3 is 2.63 bits per heavy atom. The van der Waals surface area contributed by atoms with Crippen LogP contribution in [0.1, 0.15) is 12.8 Å². The van der Waals surface area contributed by atoms with Crippen LogP contribution in [0.4, 0.5) is 10.1 Å². The minimum Gasteiger partial charge on any atom is -0.300 e. The molecule has 1 aliphatic heterocycles. The Morgan fingerprint density at radius 2 is 2.11 bits per heavy atom. The van der Waals surface area contributed by atoms with Gasteiger partial charge in [0.2, 0.25) is 17.7 Å². The maximum absolute atomic E-state index is 11.6. The van der Waals surface area contributed by atoms with Crippen molar-refractivity contribution in [3.8, 4) is 0 Å². The lowest BCUT2D eigenvalue weighted by molar-refractivity contribution is -0.380. The maximum Gasteiger partial charge on any atom is 0.345 e. The van der Waals surface area contributed by atoms with Gasteiger partial charge in [-0.15, -0.1) is 0 Å². The Kier molecular flexibility index (Phi) is 3.51. The topological polar surface area (TPSA) is 123 Å². The molecule has 1 saturated heterocycles. The average molecular weight is 284 g/mol. The molecule has 0 unspecified atom stereocenters. The van der Waals surface area contributed by atoms with Gasteiger partial charge in [-0.25, -0.2) is 4.98 Å². The van der Waals surface area contributed by atoms with E-state index in [4.69, 9.17) is 0 Å². The highest BCUT2D eigenvalue weighted by molar-refractivity contribution is 7.18. The summed E-state index contributed by atoms with van der Waals surface area (Å²) in [5.41, 5.74) is 0. The van der Waals surface area contributed by atoms with E-state index < -0.39 is 29.2 Å². The first-order valence-corrected chi connectivity index (χ1v) is 6.02. The molecule has 3 amide bonds. The molecule has 1 aromatic heterocycles. The Morgan fingerprint density at radius 1 is 1.47 bits per heavy atom. The summed E-state index contributed by atoms with van der Waals surface area (Å²) in [7, 11) is 0. The summed E-state index contributed by atoms with van der Waals surface area (Å²) in [6.45, 7) is -0.398. The summed E-state index contributed by atoms with van der Waals surface area (Å²) in [4.78, 5) is 48.5. The molecule has 0 spiro atoms. The number of thiazole rings is 1. The molecule has 9 nitrogen and oxygen atoms in total. The Hall–Kier alpha value is -2.36. The third-order valence-electron chi connectivity index (χ3n) is 2.38. The van der Waals surface area contributed by atoms with Crippen LogP contribution in [0.25, 0.3) is 0 Å². The summed E-state index contributed by atoms with van der Waals surface area (Å²) in [6.07, 6.45) is 1.23. The van der Waals surface area contributed by atoms with Crippen molar-refractivity contribution in [1.82, 2.24) is 9.88 Å². The van der Waals surface area contributed by atoms with Crippen molar-refractivity contribution in [2.75, 3.05) is 11.9 Å². The molecular weight excluding hydrogens is 276 g/mol. The average Bonchev–Trinajstić information content (AvgIpc) is 2.91. The van der Waals surface area contributed by atoms with E-state index in [-0.39, 0.29) is 23.0 Å². The Labute approximate surface area is 110 Å². The second-order valence-corrected chi connectivity index (χ2v) is 4.69. The predicted octanol–water partition coefficient (Wildman–Crippen LogP) is 0.139. The number of nitrogens with one attached hydrogen (secondary N) is 1. The molecule has 1 fully saturated rings. The van der Waals surface area contributed by atoms with E-state index in [1.165, 1.54) is 0 Å². The number of hydrogen-bond acceptors (Lipinski definition) is 7. The fraction of sp³-hybridized carbons (Fsp3) is 0.333. The minimum atomic E-state index is -0.624. The summed E-state index contributed by atoms with van der Waals surface area (Å²) >= 11 is 0.698. The van der Waals surface area contributed by atoms with Crippen LogP contribution in [-0.2, 0) is 14.4 Å². The zero-order valence-corrected chi connectivity index (χ0v) is 10.3. The molecule has 10 heteroatoms. The van der Waals surface area contributed by atoms with E-state index in [9.17, 15) is 24.5 Å². The van der Waals surface area contributed by atoms with Gasteiger partial charge in [-0.2, -0.15) is 0 Å². The van der Waals surface area contributed by atoms with Crippen LogP contribution in [0, 0.1) is 10.1 Å². The quantitative estimate of drug-likeness (QED) is 0.476. The number of carbonyl (C=O) groups excluding carboxylic acids is 3. The molecule has 0 aliphatic carbocycles. The molecule has 0 radical (unpaired) electrons. The van der Waals surface area contributed by atoms with Gasteiger partial charge >= 0.3 is 5.00 Å². The first-order valence-electron chi connectivity index (χ1n) is 5.20. The van der Waals surface area contributed by atoms with E-state index in [0.29, 0.717) is 11.3 Å². The normalized spacial score (nSPS) is 14.8. The molecule has 1 aromatic rings. The van der Waals surface area contributed by atoms with Crippen LogP contribution >= 0.6 is 11.3 Å². The third kappa shape index (κ3) is 2.91. The zero-order chi connectivity index (χ0) is 14.0. The fourth-order valence-corrected chi connectivity index (χ4v) is 2.16. The number of rotatable bonds is 4. The van der Waals surface area contributed by atoms with Crippen LogP contribution in [0.5, 0.6) is 0 Å². The van der Waals surface area contributed by atoms with E-state index in [1.54, 1.807) is 0 Å². The highest BCUT2D eigenvalue weighted by Gasteiger charge is 2.30. The molecule has 2 heterocycles. The van der Waals surface area contributed by atoms with Crippen LogP contribution in [-0.4, -0.2) is 39.1 Å². The van der Waals surface area contributed by atoms with Crippen molar-refractivity contribution in [3.63, 3.8) is 0 Å². The number of anilines is 1. The Bertz CT molecular complexity index is 553. The highest BCUT2D eigenvalue weighted by Crippen LogP contribution is 2.24. The van der Waals surface area contributed by atoms with Gasteiger partial charge in [-0.3, -0.25) is 29.4 Å². The molecule has 0 saturated carbocycles. The first-order chi connectivity index (χ1) is 8.97. The third-order valence-corrected chi connectivity index (χ3v) is 3.24. The molecular formula is C9H8N4O5S. The standard InChI is InChI=1S/C9H8N4O5S/c14-5(4-12-6(15)1-2-7(12)16)11-9-10-3-8(19-9)13(17)18/h3H,1-2,4H2,(H,10,11,14). The van der Waals surface area contributed by atoms with Crippen molar-refractivity contribution < 1.29 is 19.3 Å². The lowest BCUT2D eigenvalue weighted by atomic mass is 10.4. The second-order valence-electron chi connectivity index (χ2n) is 3.68. The van der Waals surface area contributed by atoms with Gasteiger partial charge in [0.15, 0.2) is 5.13 Å². The van der Waals surface area contributed by atoms with Gasteiger partial charge in [-0.1, -0.05) is 0 Å². The molecule has 0 aromatic carbocycles. The van der Waals surface area contributed by atoms with E-state index >= 15 is 0 Å². The first kappa shape index (κ1) is 13.1. The second kappa shape index (κ2) is 5.10. The van der Waals surface area contributed by atoms with E-state index in [1.807, 2.05) is 0 Å². The molecule has 1 N–H and O–H groups in total. The van der Waals surface area contributed by atoms with Crippen molar-refractivity contribution in [1.29, 1.82) is 0 Å². The number of nitrogens with zero attached hydrogens (tertiary/aromatic N) is 3. The van der Waals surface area contributed by atoms with E-state index in [0.717, 1.165) is 11.1 Å². The SMILES string of the molecule is O=C(CN1C(=O)CCC1=O)Nc1ncc([N+](=O)[O-])s1. The van der Waals surface area contributed by atoms with Gasteiger partial charge in [0.1, 0.15) is 12.7 Å². The number of aromatic nitrogens is 1. The minimum absolute atomic E-state index is 0.0517. The fourth-order valence-electron chi connectivity index (χ4n) is 1.51. The maximum atomic E-state index is 11.6. The molecule has 0 atom stereocenters. The van der Waals surface area contributed by atoms with Gasteiger partial charge in [0, 0.05) is 12.8 Å². The number of hydrogen-bond donors (Lipinski definition) is 1. The van der Waals surface area contributed by atoms with Crippen LogP contribution < -0.4 is 5.32 Å². The number of carbonyl (C=O) groups is 3. The largest absolute Gasteiger partial charge is 0.345 e. The van der Waals surface area contributed by atoms with E-state index in [2.05, 4.69) is 10.3 Å². The number of amides is 3. The Balaban J connectivity index is 1.95. The smallest absolute Gasteiger partial charge is 0.300 e. The van der Waals surface area contributed by atoms with Gasteiger partial charge in [0.25, 0.3) is 0 Å². The van der Waals surface area contributed by atoms with Crippen LogP contribution in [0.2, 0.25) is 0 Å². The molecule has 0 bridgehead atoms. The number of nitro groups is 1. The van der Waals surface area contributed by atoms with Gasteiger partial charge in [0.05, 0.1) is 4.92 Å². The number of likely N-dealkylation sites (tertiary alicyclic amines) is 1. The zero-order valence-electron chi connectivity index (χ0n) is 9.49. The molecule has 100 valence electrons.